The lowest BCUT2D eigenvalue weighted by Crippen LogP contribution is -2.57. The number of hydrogen-bond donors (Lipinski definition) is 2. The first kappa shape index (κ1) is 21.4. The van der Waals surface area contributed by atoms with Crippen molar-refractivity contribution in [3.05, 3.63) is 34.1 Å². The molecule has 25 heavy (non-hydrogen) atoms. The summed E-state index contributed by atoms with van der Waals surface area (Å²) in [5, 5.41) is 5.49. The molecule has 2 amide bonds. The van der Waals surface area contributed by atoms with E-state index in [0.717, 1.165) is 0 Å². The van der Waals surface area contributed by atoms with E-state index in [1.165, 1.54) is 12.1 Å². The van der Waals surface area contributed by atoms with Crippen LogP contribution >= 0.6 is 15.9 Å². The summed E-state index contributed by atoms with van der Waals surface area (Å²) < 4.78 is 19.8. The van der Waals surface area contributed by atoms with Gasteiger partial charge in [0.25, 0.3) is 5.91 Å². The van der Waals surface area contributed by atoms with Crippen molar-refractivity contribution in [3.8, 4) is 0 Å². The third-order valence-electron chi connectivity index (χ3n) is 3.85. The van der Waals surface area contributed by atoms with Gasteiger partial charge in [-0.25, -0.2) is 9.18 Å². The number of amides is 2. The molecule has 1 unspecified atom stereocenters. The highest BCUT2D eigenvalue weighted by Gasteiger charge is 2.32. The van der Waals surface area contributed by atoms with Crippen LogP contribution in [0.25, 0.3) is 0 Å². The SMILES string of the molecule is CC(C)C(C)(CNC(=O)OC(C)(C)C)NC(=O)c1ccc(Br)cc1F. The second-order valence-corrected chi connectivity index (χ2v) is 8.42. The highest BCUT2D eigenvalue weighted by molar-refractivity contribution is 9.10. The summed E-state index contributed by atoms with van der Waals surface area (Å²) in [6, 6.07) is 4.25. The molecule has 0 aliphatic heterocycles. The van der Waals surface area contributed by atoms with Crippen LogP contribution in [0.2, 0.25) is 0 Å². The Morgan fingerprint density at radius 2 is 1.84 bits per heavy atom. The Hall–Kier alpha value is -1.63. The summed E-state index contributed by atoms with van der Waals surface area (Å²) >= 11 is 3.16. The van der Waals surface area contributed by atoms with E-state index < -0.39 is 29.0 Å². The average molecular weight is 417 g/mol. The normalized spacial score (nSPS) is 14.0. The fourth-order valence-electron chi connectivity index (χ4n) is 1.96. The van der Waals surface area contributed by atoms with E-state index in [1.54, 1.807) is 33.8 Å². The number of carbonyl (C=O) groups excluding carboxylic acids is 2. The van der Waals surface area contributed by atoms with E-state index in [0.29, 0.717) is 4.47 Å². The minimum atomic E-state index is -0.770. The molecule has 0 aliphatic rings. The number of nitrogens with one attached hydrogen (secondary N) is 2. The Morgan fingerprint density at radius 3 is 2.32 bits per heavy atom. The summed E-state index contributed by atoms with van der Waals surface area (Å²) in [6.45, 7) is 11.1. The molecule has 140 valence electrons. The van der Waals surface area contributed by atoms with E-state index in [4.69, 9.17) is 4.74 Å². The van der Waals surface area contributed by atoms with E-state index in [-0.39, 0.29) is 18.0 Å². The maximum Gasteiger partial charge on any atom is 0.407 e. The van der Waals surface area contributed by atoms with Crippen LogP contribution < -0.4 is 10.6 Å². The number of ether oxygens (including phenoxy) is 1. The molecule has 0 bridgehead atoms. The largest absolute Gasteiger partial charge is 0.444 e. The highest BCUT2D eigenvalue weighted by Crippen LogP contribution is 2.20. The Balaban J connectivity index is 2.84. The van der Waals surface area contributed by atoms with Crippen molar-refractivity contribution < 1.29 is 18.7 Å². The lowest BCUT2D eigenvalue weighted by molar-refractivity contribution is 0.0497. The molecule has 0 saturated heterocycles. The van der Waals surface area contributed by atoms with Crippen LogP contribution in [0.1, 0.15) is 51.9 Å². The molecule has 0 spiro atoms. The zero-order chi connectivity index (χ0) is 19.4. The smallest absolute Gasteiger partial charge is 0.407 e. The molecule has 1 atom stereocenters. The molecule has 0 radical (unpaired) electrons. The molecule has 7 heteroatoms. The van der Waals surface area contributed by atoms with Gasteiger partial charge in [0.05, 0.1) is 11.1 Å². The Morgan fingerprint density at radius 1 is 1.24 bits per heavy atom. The molecule has 0 aromatic heterocycles. The highest BCUT2D eigenvalue weighted by atomic mass is 79.9. The van der Waals surface area contributed by atoms with Crippen LogP contribution in [-0.2, 0) is 4.74 Å². The molecule has 0 heterocycles. The van der Waals surface area contributed by atoms with Crippen LogP contribution in [0.15, 0.2) is 22.7 Å². The third-order valence-corrected chi connectivity index (χ3v) is 4.34. The van der Waals surface area contributed by atoms with Gasteiger partial charge >= 0.3 is 6.09 Å². The second-order valence-electron chi connectivity index (χ2n) is 7.51. The molecule has 0 saturated carbocycles. The van der Waals surface area contributed by atoms with Crippen molar-refractivity contribution in [2.75, 3.05) is 6.54 Å². The summed E-state index contributed by atoms with van der Waals surface area (Å²) in [7, 11) is 0. The predicted octanol–water partition coefficient (Wildman–Crippen LogP) is 4.26. The third kappa shape index (κ3) is 6.65. The number of rotatable bonds is 5. The minimum Gasteiger partial charge on any atom is -0.444 e. The standard InChI is InChI=1S/C18H26BrFN2O3/c1-11(2)18(6,10-21-16(24)25-17(3,4)5)22-15(23)13-8-7-12(19)9-14(13)20/h7-9,11H,10H2,1-6H3,(H,21,24)(H,22,23). The van der Waals surface area contributed by atoms with Crippen molar-refractivity contribution in [2.24, 2.45) is 5.92 Å². The number of carbonyl (C=O) groups is 2. The molecule has 0 fully saturated rings. The summed E-state index contributed by atoms with van der Waals surface area (Å²) in [5.41, 5.74) is -1.43. The zero-order valence-corrected chi connectivity index (χ0v) is 17.1. The molecule has 0 aliphatic carbocycles. The topological polar surface area (TPSA) is 67.4 Å². The van der Waals surface area contributed by atoms with Crippen molar-refractivity contribution in [3.63, 3.8) is 0 Å². The fourth-order valence-corrected chi connectivity index (χ4v) is 2.30. The summed E-state index contributed by atoms with van der Waals surface area (Å²) in [5.74, 6) is -1.16. The van der Waals surface area contributed by atoms with Gasteiger partial charge in [-0.05, 0) is 51.8 Å². The predicted molar refractivity (Wildman–Crippen MR) is 99.0 cm³/mol. The number of halogens is 2. The number of benzene rings is 1. The van der Waals surface area contributed by atoms with E-state index >= 15 is 0 Å². The van der Waals surface area contributed by atoms with Gasteiger partial charge in [-0.2, -0.15) is 0 Å². The Bertz CT molecular complexity index is 644. The molecule has 1 aromatic rings. The van der Waals surface area contributed by atoms with Gasteiger partial charge in [0.15, 0.2) is 0 Å². The van der Waals surface area contributed by atoms with Crippen LogP contribution in [0, 0.1) is 11.7 Å². The van der Waals surface area contributed by atoms with Crippen molar-refractivity contribution in [1.82, 2.24) is 10.6 Å². The quantitative estimate of drug-likeness (QED) is 0.753. The lowest BCUT2D eigenvalue weighted by Gasteiger charge is -2.35. The maximum atomic E-state index is 14.0. The van der Waals surface area contributed by atoms with Crippen LogP contribution in [-0.4, -0.2) is 29.7 Å². The molecule has 5 nitrogen and oxygen atoms in total. The Labute approximate surface area is 156 Å². The maximum absolute atomic E-state index is 14.0. The first-order valence-corrected chi connectivity index (χ1v) is 8.88. The lowest BCUT2D eigenvalue weighted by atomic mass is 9.88. The van der Waals surface area contributed by atoms with Crippen molar-refractivity contribution >= 4 is 27.9 Å². The van der Waals surface area contributed by atoms with Crippen molar-refractivity contribution in [1.29, 1.82) is 0 Å². The van der Waals surface area contributed by atoms with Crippen LogP contribution in [0.5, 0.6) is 0 Å². The average Bonchev–Trinajstić information content (AvgIpc) is 2.43. The summed E-state index contributed by atoms with van der Waals surface area (Å²) in [6.07, 6.45) is -0.566. The summed E-state index contributed by atoms with van der Waals surface area (Å²) in [4.78, 5) is 24.3. The van der Waals surface area contributed by atoms with Gasteiger partial charge in [-0.3, -0.25) is 4.79 Å². The first-order valence-electron chi connectivity index (χ1n) is 8.08. The van der Waals surface area contributed by atoms with Gasteiger partial charge < -0.3 is 15.4 Å². The van der Waals surface area contributed by atoms with E-state index in [1.807, 2.05) is 13.8 Å². The molecular formula is C18H26BrFN2O3. The van der Waals surface area contributed by atoms with Gasteiger partial charge in [0, 0.05) is 11.0 Å². The molecule has 1 rings (SSSR count). The van der Waals surface area contributed by atoms with Crippen molar-refractivity contribution in [2.45, 2.75) is 52.7 Å². The van der Waals surface area contributed by atoms with Crippen LogP contribution in [0.3, 0.4) is 0 Å². The van der Waals surface area contributed by atoms with Gasteiger partial charge in [0.1, 0.15) is 11.4 Å². The van der Waals surface area contributed by atoms with E-state index in [2.05, 4.69) is 26.6 Å². The van der Waals surface area contributed by atoms with Gasteiger partial charge in [-0.15, -0.1) is 0 Å². The number of alkyl carbamates (subject to hydrolysis) is 1. The fraction of sp³-hybridized carbons (Fsp3) is 0.556. The molecule has 2 N–H and O–H groups in total. The van der Waals surface area contributed by atoms with Gasteiger partial charge in [-0.1, -0.05) is 29.8 Å². The first-order chi connectivity index (χ1) is 11.3. The van der Waals surface area contributed by atoms with Crippen LogP contribution in [0.4, 0.5) is 9.18 Å². The van der Waals surface area contributed by atoms with Gasteiger partial charge in [0.2, 0.25) is 0 Å². The second kappa shape index (κ2) is 8.17. The molecule has 1 aromatic carbocycles. The number of hydrogen-bond acceptors (Lipinski definition) is 3. The molecular weight excluding hydrogens is 391 g/mol. The minimum absolute atomic E-state index is 0.00936. The monoisotopic (exact) mass is 416 g/mol. The van der Waals surface area contributed by atoms with E-state index in [9.17, 15) is 14.0 Å². The zero-order valence-electron chi connectivity index (χ0n) is 15.5. The Kier molecular flexibility index (Phi) is 6.99.